The van der Waals surface area contributed by atoms with E-state index in [0.29, 0.717) is 0 Å². The van der Waals surface area contributed by atoms with Crippen LogP contribution in [0.4, 0.5) is 0 Å². The molecule has 5 nitrogen and oxygen atoms in total. The number of hydrogen-bond acceptors (Lipinski definition) is 5. The monoisotopic (exact) mass is 220 g/mol. The van der Waals surface area contributed by atoms with Gasteiger partial charge in [0.25, 0.3) is 0 Å². The van der Waals surface area contributed by atoms with Gasteiger partial charge in [-0.25, -0.2) is 9.78 Å². The summed E-state index contributed by atoms with van der Waals surface area (Å²) in [6, 6.07) is 0. The summed E-state index contributed by atoms with van der Waals surface area (Å²) in [7, 11) is 1.27. The Kier molecular flexibility index (Phi) is 3.46. The van der Waals surface area contributed by atoms with Gasteiger partial charge in [-0.3, -0.25) is 4.98 Å². The predicted molar refractivity (Wildman–Crippen MR) is 56.9 cm³/mol. The second-order valence-electron chi connectivity index (χ2n) is 3.49. The third-order valence-electron chi connectivity index (χ3n) is 1.71. The number of hydrogen-bond donors (Lipinski definition) is 0. The summed E-state index contributed by atoms with van der Waals surface area (Å²) in [5.74, 6) is 2.06. The topological polar surface area (TPSA) is 61.3 Å². The molecular formula is C11H12N2O3. The van der Waals surface area contributed by atoms with Gasteiger partial charge < -0.3 is 9.47 Å². The van der Waals surface area contributed by atoms with Gasteiger partial charge in [-0.15, -0.1) is 6.42 Å². The fraction of sp³-hybridized carbons (Fsp3) is 0.364. The van der Waals surface area contributed by atoms with Gasteiger partial charge in [0.1, 0.15) is 0 Å². The van der Waals surface area contributed by atoms with E-state index in [-0.39, 0.29) is 11.6 Å². The van der Waals surface area contributed by atoms with Crippen LogP contribution >= 0.6 is 0 Å². The number of terminal acetylenes is 1. The van der Waals surface area contributed by atoms with Crippen molar-refractivity contribution >= 4 is 5.97 Å². The van der Waals surface area contributed by atoms with E-state index < -0.39 is 11.6 Å². The van der Waals surface area contributed by atoms with Crippen molar-refractivity contribution in [3.05, 3.63) is 18.1 Å². The lowest BCUT2D eigenvalue weighted by Gasteiger charge is -2.18. The Labute approximate surface area is 93.8 Å². The maximum Gasteiger partial charge on any atom is 0.358 e. The average Bonchev–Trinajstić information content (AvgIpc) is 2.28. The molecule has 5 heteroatoms. The molecular weight excluding hydrogens is 208 g/mol. The van der Waals surface area contributed by atoms with E-state index in [4.69, 9.17) is 11.2 Å². The van der Waals surface area contributed by atoms with Crippen LogP contribution in [-0.4, -0.2) is 28.6 Å². The summed E-state index contributed by atoms with van der Waals surface area (Å²) in [5, 5.41) is 0. The molecule has 0 atom stereocenters. The lowest BCUT2D eigenvalue weighted by atomic mass is 10.1. The zero-order valence-electron chi connectivity index (χ0n) is 9.35. The first kappa shape index (κ1) is 12.0. The van der Waals surface area contributed by atoms with Crippen LogP contribution in [0.2, 0.25) is 0 Å². The molecule has 0 aliphatic carbocycles. The summed E-state index contributed by atoms with van der Waals surface area (Å²) in [4.78, 5) is 18.9. The normalized spacial score (nSPS) is 10.4. The zero-order valence-corrected chi connectivity index (χ0v) is 9.35. The maximum absolute atomic E-state index is 11.2. The van der Waals surface area contributed by atoms with Crippen LogP contribution in [0.25, 0.3) is 0 Å². The summed E-state index contributed by atoms with van der Waals surface area (Å²) in [6.07, 6.45) is 7.94. The molecule has 0 bridgehead atoms. The van der Waals surface area contributed by atoms with Gasteiger partial charge in [0, 0.05) is 0 Å². The maximum atomic E-state index is 11.2. The first-order valence-corrected chi connectivity index (χ1v) is 4.55. The van der Waals surface area contributed by atoms with E-state index in [1.165, 1.54) is 19.5 Å². The minimum atomic E-state index is -0.802. The van der Waals surface area contributed by atoms with Crippen LogP contribution in [0.15, 0.2) is 12.4 Å². The molecule has 0 N–H and O–H groups in total. The second kappa shape index (κ2) is 4.62. The number of nitrogens with zero attached hydrogens (tertiary/aromatic N) is 2. The molecule has 1 rings (SSSR count). The molecule has 0 fully saturated rings. The number of ether oxygens (including phenoxy) is 2. The van der Waals surface area contributed by atoms with Crippen molar-refractivity contribution in [2.24, 2.45) is 0 Å². The standard InChI is InChI=1S/C11H12N2O3/c1-5-11(2,3)16-9-7-12-6-8(13-9)10(14)15-4/h1,6-7H,2-4H3. The first-order valence-electron chi connectivity index (χ1n) is 4.55. The second-order valence-corrected chi connectivity index (χ2v) is 3.49. The minimum Gasteiger partial charge on any atom is -0.464 e. The van der Waals surface area contributed by atoms with Gasteiger partial charge in [-0.1, -0.05) is 5.92 Å². The van der Waals surface area contributed by atoms with Crippen LogP contribution < -0.4 is 4.74 Å². The highest BCUT2D eigenvalue weighted by Gasteiger charge is 2.18. The van der Waals surface area contributed by atoms with Gasteiger partial charge in [0.2, 0.25) is 5.88 Å². The molecule has 0 saturated carbocycles. The fourth-order valence-electron chi connectivity index (χ4n) is 0.891. The van der Waals surface area contributed by atoms with E-state index in [9.17, 15) is 4.79 Å². The van der Waals surface area contributed by atoms with Crippen LogP contribution in [-0.2, 0) is 4.74 Å². The summed E-state index contributed by atoms with van der Waals surface area (Å²) >= 11 is 0. The molecule has 0 radical (unpaired) electrons. The Morgan fingerprint density at radius 2 is 2.19 bits per heavy atom. The van der Waals surface area contributed by atoms with Gasteiger partial charge in [-0.2, -0.15) is 0 Å². The zero-order chi connectivity index (χ0) is 12.2. The van der Waals surface area contributed by atoms with Crippen LogP contribution in [0.5, 0.6) is 5.88 Å². The van der Waals surface area contributed by atoms with Crippen LogP contribution in [0.1, 0.15) is 24.3 Å². The third-order valence-corrected chi connectivity index (χ3v) is 1.71. The fourth-order valence-corrected chi connectivity index (χ4v) is 0.891. The van der Waals surface area contributed by atoms with Crippen LogP contribution in [0.3, 0.4) is 0 Å². The SMILES string of the molecule is C#CC(C)(C)Oc1cncc(C(=O)OC)n1. The van der Waals surface area contributed by atoms with Crippen molar-refractivity contribution < 1.29 is 14.3 Å². The van der Waals surface area contributed by atoms with Crippen molar-refractivity contribution in [2.75, 3.05) is 7.11 Å². The number of rotatable bonds is 3. The molecule has 0 aromatic carbocycles. The van der Waals surface area contributed by atoms with Gasteiger partial charge in [0.15, 0.2) is 11.3 Å². The number of esters is 1. The smallest absolute Gasteiger partial charge is 0.358 e. The third kappa shape index (κ3) is 2.95. The molecule has 0 unspecified atom stereocenters. The highest BCUT2D eigenvalue weighted by Crippen LogP contribution is 2.14. The molecule has 0 saturated heterocycles. The van der Waals surface area contributed by atoms with Crippen molar-refractivity contribution in [3.8, 4) is 18.2 Å². The molecule has 0 spiro atoms. The van der Waals surface area contributed by atoms with Gasteiger partial charge in [-0.05, 0) is 13.8 Å². The number of aromatic nitrogens is 2. The quantitative estimate of drug-likeness (QED) is 0.563. The first-order chi connectivity index (χ1) is 7.48. The number of carbonyl (C=O) groups excluding carboxylic acids is 1. The number of methoxy groups -OCH3 is 1. The van der Waals surface area contributed by atoms with Crippen molar-refractivity contribution in [2.45, 2.75) is 19.4 Å². The minimum absolute atomic E-state index is 0.0767. The summed E-state index contributed by atoms with van der Waals surface area (Å²) in [5.41, 5.74) is -0.725. The Morgan fingerprint density at radius 3 is 2.75 bits per heavy atom. The lowest BCUT2D eigenvalue weighted by molar-refractivity contribution is 0.0590. The van der Waals surface area contributed by atoms with E-state index in [2.05, 4.69) is 20.6 Å². The highest BCUT2D eigenvalue weighted by atomic mass is 16.5. The highest BCUT2D eigenvalue weighted by molar-refractivity contribution is 5.86. The predicted octanol–water partition coefficient (Wildman–Crippen LogP) is 1.05. The van der Waals surface area contributed by atoms with Crippen molar-refractivity contribution in [3.63, 3.8) is 0 Å². The molecule has 1 heterocycles. The molecule has 0 aliphatic rings. The van der Waals surface area contributed by atoms with E-state index >= 15 is 0 Å². The Morgan fingerprint density at radius 1 is 1.50 bits per heavy atom. The van der Waals surface area contributed by atoms with Crippen molar-refractivity contribution in [1.82, 2.24) is 9.97 Å². The molecule has 1 aromatic rings. The molecule has 16 heavy (non-hydrogen) atoms. The molecule has 1 aromatic heterocycles. The number of carbonyl (C=O) groups is 1. The van der Waals surface area contributed by atoms with E-state index in [1.807, 2.05) is 0 Å². The summed E-state index contributed by atoms with van der Waals surface area (Å²) < 4.78 is 9.88. The molecule has 0 aliphatic heterocycles. The van der Waals surface area contributed by atoms with Gasteiger partial charge in [0.05, 0.1) is 19.5 Å². The molecule has 0 amide bonds. The Balaban J connectivity index is 2.92. The van der Waals surface area contributed by atoms with Gasteiger partial charge >= 0.3 is 5.97 Å². The van der Waals surface area contributed by atoms with Crippen LogP contribution in [0, 0.1) is 12.3 Å². The molecule has 84 valence electrons. The lowest BCUT2D eigenvalue weighted by Crippen LogP contribution is -2.26. The largest absolute Gasteiger partial charge is 0.464 e. The Bertz CT molecular complexity index is 435. The van der Waals surface area contributed by atoms with Crippen molar-refractivity contribution in [1.29, 1.82) is 0 Å². The summed E-state index contributed by atoms with van der Waals surface area (Å²) in [6.45, 7) is 3.42. The van der Waals surface area contributed by atoms with E-state index in [1.54, 1.807) is 13.8 Å². The van der Waals surface area contributed by atoms with E-state index in [0.717, 1.165) is 0 Å². The Hall–Kier alpha value is -2.09. The average molecular weight is 220 g/mol.